The van der Waals surface area contributed by atoms with Crippen LogP contribution < -0.4 is 4.72 Å². The molecule has 7 nitrogen and oxygen atoms in total. The maximum absolute atomic E-state index is 12.0. The smallest absolute Gasteiger partial charge is 0.306 e. The van der Waals surface area contributed by atoms with Crippen LogP contribution in [0.2, 0.25) is 5.15 Å². The Morgan fingerprint density at radius 3 is 2.75 bits per heavy atom. The Morgan fingerprint density at radius 2 is 1.96 bits per heavy atom. The summed E-state index contributed by atoms with van der Waals surface area (Å²) in [7, 11) is -3.50. The molecular formula is C19H20ClN3O4S. The van der Waals surface area contributed by atoms with Crippen LogP contribution in [0.4, 0.5) is 0 Å². The second-order valence-electron chi connectivity index (χ2n) is 6.29. The van der Waals surface area contributed by atoms with Gasteiger partial charge in [0, 0.05) is 30.3 Å². The van der Waals surface area contributed by atoms with Gasteiger partial charge in [0.15, 0.2) is 0 Å². The van der Waals surface area contributed by atoms with Crippen LogP contribution in [0.5, 0.6) is 0 Å². The first-order valence-corrected chi connectivity index (χ1v) is 10.7. The number of unbranched alkanes of at least 4 members (excludes halogenated alkanes) is 2. The SMILES string of the molecule is O=C(CCCCCN=C1NS(=O)(=O)c2ccccc21)OCc1ccc(Cl)nc1. The van der Waals surface area contributed by atoms with E-state index in [1.165, 1.54) is 0 Å². The van der Waals surface area contributed by atoms with E-state index in [0.29, 0.717) is 35.9 Å². The van der Waals surface area contributed by atoms with Crippen molar-refractivity contribution in [2.24, 2.45) is 4.99 Å². The molecule has 0 amide bonds. The molecule has 0 saturated carbocycles. The lowest BCUT2D eigenvalue weighted by Crippen LogP contribution is -2.22. The highest BCUT2D eigenvalue weighted by molar-refractivity contribution is 7.90. The van der Waals surface area contributed by atoms with Crippen LogP contribution in [0.15, 0.2) is 52.5 Å². The minimum Gasteiger partial charge on any atom is -0.461 e. The maximum Gasteiger partial charge on any atom is 0.306 e. The summed E-state index contributed by atoms with van der Waals surface area (Å²) in [5.74, 6) is 0.116. The number of esters is 1. The average molecular weight is 422 g/mol. The minimum atomic E-state index is -3.50. The second kappa shape index (κ2) is 9.16. The number of aliphatic imine (C=N–C) groups is 1. The monoisotopic (exact) mass is 421 g/mol. The molecule has 0 saturated heterocycles. The molecule has 9 heteroatoms. The Morgan fingerprint density at radius 1 is 1.14 bits per heavy atom. The molecule has 1 aliphatic rings. The maximum atomic E-state index is 12.0. The molecule has 0 bridgehead atoms. The van der Waals surface area contributed by atoms with Crippen molar-refractivity contribution in [1.29, 1.82) is 0 Å². The standard InChI is InChI=1S/C19H20ClN3O4S/c20-17-10-9-14(12-22-17)13-27-18(24)8-2-1-5-11-21-19-15-6-3-4-7-16(15)28(25,26)23-19/h3-4,6-7,9-10,12H,1-2,5,8,11,13H2,(H,21,23). The zero-order valence-corrected chi connectivity index (χ0v) is 16.7. The highest BCUT2D eigenvalue weighted by atomic mass is 35.5. The molecule has 28 heavy (non-hydrogen) atoms. The van der Waals surface area contributed by atoms with Gasteiger partial charge in [-0.25, -0.2) is 13.4 Å². The van der Waals surface area contributed by atoms with Gasteiger partial charge in [0.2, 0.25) is 0 Å². The molecule has 0 fully saturated rings. The quantitative estimate of drug-likeness (QED) is 0.401. The van der Waals surface area contributed by atoms with Crippen molar-refractivity contribution >= 4 is 33.4 Å². The van der Waals surface area contributed by atoms with Crippen LogP contribution in [0.1, 0.15) is 36.8 Å². The normalized spacial score (nSPS) is 15.8. The van der Waals surface area contributed by atoms with E-state index in [4.69, 9.17) is 16.3 Å². The molecule has 0 unspecified atom stereocenters. The van der Waals surface area contributed by atoms with Gasteiger partial charge >= 0.3 is 5.97 Å². The van der Waals surface area contributed by atoms with Crippen molar-refractivity contribution in [2.75, 3.05) is 6.54 Å². The van der Waals surface area contributed by atoms with E-state index in [-0.39, 0.29) is 17.5 Å². The van der Waals surface area contributed by atoms with E-state index in [9.17, 15) is 13.2 Å². The number of carbonyl (C=O) groups excluding carboxylic acids is 1. The number of halogens is 1. The highest BCUT2D eigenvalue weighted by Gasteiger charge is 2.29. The molecule has 1 aliphatic heterocycles. The minimum absolute atomic E-state index is 0.177. The molecule has 0 radical (unpaired) electrons. The van der Waals surface area contributed by atoms with Gasteiger partial charge in [-0.15, -0.1) is 0 Å². The highest BCUT2D eigenvalue weighted by Crippen LogP contribution is 2.22. The van der Waals surface area contributed by atoms with E-state index >= 15 is 0 Å². The molecule has 2 heterocycles. The summed E-state index contributed by atoms with van der Waals surface area (Å²) in [6.45, 7) is 0.661. The van der Waals surface area contributed by atoms with Crippen molar-refractivity contribution in [2.45, 2.75) is 37.2 Å². The third-order valence-electron chi connectivity index (χ3n) is 4.16. The Kier molecular flexibility index (Phi) is 6.64. The fraction of sp³-hybridized carbons (Fsp3) is 0.316. The number of carbonyl (C=O) groups is 1. The third-order valence-corrected chi connectivity index (χ3v) is 5.78. The summed E-state index contributed by atoms with van der Waals surface area (Å²) in [4.78, 5) is 20.3. The van der Waals surface area contributed by atoms with E-state index in [1.54, 1.807) is 42.6 Å². The Bertz CT molecular complexity index is 975. The first-order valence-electron chi connectivity index (χ1n) is 8.88. The van der Waals surface area contributed by atoms with Crippen LogP contribution in [-0.2, 0) is 26.2 Å². The molecule has 0 spiro atoms. The number of rotatable bonds is 8. The van der Waals surface area contributed by atoms with Crippen LogP contribution in [0.3, 0.4) is 0 Å². The molecule has 0 atom stereocenters. The summed E-state index contributed by atoms with van der Waals surface area (Å²) in [6, 6.07) is 10.2. The van der Waals surface area contributed by atoms with Gasteiger partial charge in [0.05, 0.1) is 4.90 Å². The molecular weight excluding hydrogens is 402 g/mol. The Labute approximate surface area is 168 Å². The number of amidine groups is 1. The lowest BCUT2D eigenvalue weighted by atomic mass is 10.2. The summed E-state index contributed by atoms with van der Waals surface area (Å²) in [6.07, 6.45) is 4.13. The van der Waals surface area contributed by atoms with Gasteiger partial charge in [-0.1, -0.05) is 36.2 Å². The fourth-order valence-corrected chi connectivity index (χ4v) is 4.09. The molecule has 148 valence electrons. The predicted octanol–water partition coefficient (Wildman–Crippen LogP) is 3.08. The van der Waals surface area contributed by atoms with E-state index in [0.717, 1.165) is 18.4 Å². The van der Waals surface area contributed by atoms with E-state index < -0.39 is 10.0 Å². The van der Waals surface area contributed by atoms with Crippen molar-refractivity contribution in [1.82, 2.24) is 9.71 Å². The van der Waals surface area contributed by atoms with Gasteiger partial charge in [-0.05, 0) is 31.0 Å². The molecule has 0 aliphatic carbocycles. The molecule has 1 aromatic carbocycles. The van der Waals surface area contributed by atoms with Crippen molar-refractivity contribution in [3.8, 4) is 0 Å². The molecule has 1 N–H and O–H groups in total. The fourth-order valence-electron chi connectivity index (χ4n) is 2.73. The van der Waals surface area contributed by atoms with Gasteiger partial charge in [-0.3, -0.25) is 14.5 Å². The number of benzene rings is 1. The predicted molar refractivity (Wildman–Crippen MR) is 106 cm³/mol. The van der Waals surface area contributed by atoms with Crippen molar-refractivity contribution in [3.63, 3.8) is 0 Å². The number of nitrogens with one attached hydrogen (secondary N) is 1. The lowest BCUT2D eigenvalue weighted by Gasteiger charge is -2.05. The van der Waals surface area contributed by atoms with Gasteiger partial charge in [-0.2, -0.15) is 0 Å². The first kappa shape index (κ1) is 20.3. The summed E-state index contributed by atoms with van der Waals surface area (Å²) < 4.78 is 31.7. The van der Waals surface area contributed by atoms with Crippen LogP contribution in [0.25, 0.3) is 0 Å². The summed E-state index contributed by atoms with van der Waals surface area (Å²) >= 11 is 5.70. The van der Waals surface area contributed by atoms with E-state index in [1.807, 2.05) is 0 Å². The number of aromatic nitrogens is 1. The molecule has 3 rings (SSSR count). The number of pyridine rings is 1. The average Bonchev–Trinajstić information content (AvgIpc) is 2.95. The lowest BCUT2D eigenvalue weighted by molar-refractivity contribution is -0.145. The number of hydrogen-bond acceptors (Lipinski definition) is 6. The molecule has 1 aromatic heterocycles. The number of ether oxygens (including phenoxy) is 1. The summed E-state index contributed by atoms with van der Waals surface area (Å²) in [5.41, 5.74) is 1.38. The van der Waals surface area contributed by atoms with Gasteiger partial charge < -0.3 is 4.74 Å². The van der Waals surface area contributed by atoms with Gasteiger partial charge in [0.25, 0.3) is 10.0 Å². The van der Waals surface area contributed by atoms with Crippen LogP contribution in [-0.4, -0.2) is 31.8 Å². The van der Waals surface area contributed by atoms with E-state index in [2.05, 4.69) is 14.7 Å². The van der Waals surface area contributed by atoms with Crippen LogP contribution in [0, 0.1) is 0 Å². The van der Waals surface area contributed by atoms with Crippen molar-refractivity contribution < 1.29 is 17.9 Å². The first-order chi connectivity index (χ1) is 13.5. The Hall–Kier alpha value is -2.45. The van der Waals surface area contributed by atoms with Crippen molar-refractivity contribution in [3.05, 3.63) is 58.9 Å². The largest absolute Gasteiger partial charge is 0.461 e. The zero-order chi connectivity index (χ0) is 20.0. The number of nitrogens with zero attached hydrogens (tertiary/aromatic N) is 2. The molecule has 2 aromatic rings. The number of hydrogen-bond donors (Lipinski definition) is 1. The third kappa shape index (κ3) is 5.30. The number of sulfonamides is 1. The Balaban J connectivity index is 1.36. The number of fused-ring (bicyclic) bond motifs is 1. The van der Waals surface area contributed by atoms with Crippen LogP contribution >= 0.6 is 11.6 Å². The zero-order valence-electron chi connectivity index (χ0n) is 15.1. The summed E-state index contributed by atoms with van der Waals surface area (Å²) in [5, 5.41) is 0.396. The van der Waals surface area contributed by atoms with Gasteiger partial charge in [0.1, 0.15) is 17.6 Å². The topological polar surface area (TPSA) is 97.7 Å². The second-order valence-corrected chi connectivity index (χ2v) is 8.33.